The molecular weight excluding hydrogens is 394 g/mol. The Morgan fingerprint density at radius 2 is 1.69 bits per heavy atom. The number of carbonyl (C=O) groups excluding carboxylic acids is 2. The van der Waals surface area contributed by atoms with E-state index >= 15 is 0 Å². The molecule has 3 N–H and O–H groups in total. The molecular formula is C17H16ClN3O3S2. The fraction of sp³-hybridized carbons (Fsp3) is 0.118. The average molecular weight is 410 g/mol. The van der Waals surface area contributed by atoms with Gasteiger partial charge in [0.25, 0.3) is 0 Å². The highest BCUT2D eigenvalue weighted by Crippen LogP contribution is 2.33. The van der Waals surface area contributed by atoms with Gasteiger partial charge in [0.2, 0.25) is 5.91 Å². The molecule has 0 aliphatic carbocycles. The third-order valence-electron chi connectivity index (χ3n) is 3.00. The van der Waals surface area contributed by atoms with Gasteiger partial charge in [-0.05, 0) is 54.7 Å². The summed E-state index contributed by atoms with van der Waals surface area (Å²) in [7, 11) is 1.24. The van der Waals surface area contributed by atoms with Gasteiger partial charge in [-0.3, -0.25) is 10.1 Å². The molecule has 0 saturated heterocycles. The van der Waals surface area contributed by atoms with Crippen molar-refractivity contribution in [2.75, 3.05) is 17.7 Å². The molecule has 2 aromatic carbocycles. The minimum atomic E-state index is -0.685. The zero-order valence-electron chi connectivity index (χ0n) is 14.0. The van der Waals surface area contributed by atoms with Gasteiger partial charge in [-0.25, -0.2) is 4.79 Å². The van der Waals surface area contributed by atoms with Crippen LogP contribution in [0.5, 0.6) is 0 Å². The van der Waals surface area contributed by atoms with Crippen molar-refractivity contribution in [2.24, 2.45) is 0 Å². The number of alkyl carbamates (subject to hydrolysis) is 1. The largest absolute Gasteiger partial charge is 0.453 e. The quantitative estimate of drug-likeness (QED) is 0.645. The van der Waals surface area contributed by atoms with Crippen LogP contribution < -0.4 is 16.0 Å². The minimum Gasteiger partial charge on any atom is -0.453 e. The van der Waals surface area contributed by atoms with Gasteiger partial charge in [-0.2, -0.15) is 0 Å². The number of amides is 2. The van der Waals surface area contributed by atoms with E-state index in [1.807, 2.05) is 36.4 Å². The molecule has 6 nitrogen and oxygen atoms in total. The van der Waals surface area contributed by atoms with E-state index in [0.29, 0.717) is 16.4 Å². The van der Waals surface area contributed by atoms with Crippen molar-refractivity contribution in [3.05, 3.63) is 47.5 Å². The summed E-state index contributed by atoms with van der Waals surface area (Å²) in [6.45, 7) is 1.41. The van der Waals surface area contributed by atoms with Crippen LogP contribution in [-0.2, 0) is 9.53 Å². The molecule has 0 aromatic heterocycles. The fourth-order valence-corrected chi connectivity index (χ4v) is 3.10. The smallest absolute Gasteiger partial charge is 0.413 e. The Bertz CT molecular complexity index is 829. The minimum absolute atomic E-state index is 0.0529. The molecule has 0 spiro atoms. The summed E-state index contributed by atoms with van der Waals surface area (Å²) in [6, 6.07) is 12.9. The van der Waals surface area contributed by atoms with Crippen LogP contribution in [-0.4, -0.2) is 24.2 Å². The number of methoxy groups -OCH3 is 1. The van der Waals surface area contributed by atoms with Gasteiger partial charge < -0.3 is 15.4 Å². The summed E-state index contributed by atoms with van der Waals surface area (Å²) in [5.74, 6) is -0.224. The van der Waals surface area contributed by atoms with Crippen LogP contribution in [0.2, 0.25) is 5.02 Å². The van der Waals surface area contributed by atoms with Gasteiger partial charge in [0.1, 0.15) is 0 Å². The molecule has 0 bridgehead atoms. The molecule has 136 valence electrons. The van der Waals surface area contributed by atoms with Crippen LogP contribution in [0, 0.1) is 0 Å². The molecule has 9 heteroatoms. The lowest BCUT2D eigenvalue weighted by Gasteiger charge is -2.15. The maximum absolute atomic E-state index is 11.4. The van der Waals surface area contributed by atoms with Crippen LogP contribution >= 0.6 is 35.6 Å². The third kappa shape index (κ3) is 6.21. The summed E-state index contributed by atoms with van der Waals surface area (Å²) in [5, 5.41) is 8.68. The summed E-state index contributed by atoms with van der Waals surface area (Å²) >= 11 is 12.5. The van der Waals surface area contributed by atoms with Crippen molar-refractivity contribution in [2.45, 2.75) is 16.7 Å². The van der Waals surface area contributed by atoms with Crippen molar-refractivity contribution in [3.8, 4) is 0 Å². The fourth-order valence-electron chi connectivity index (χ4n) is 1.92. The van der Waals surface area contributed by atoms with Gasteiger partial charge in [-0.1, -0.05) is 23.4 Å². The highest BCUT2D eigenvalue weighted by Gasteiger charge is 2.10. The zero-order chi connectivity index (χ0) is 19.1. The predicted molar refractivity (Wildman–Crippen MR) is 108 cm³/mol. The molecule has 0 unspecified atom stereocenters. The lowest BCUT2D eigenvalue weighted by atomic mass is 10.2. The number of halogens is 1. The van der Waals surface area contributed by atoms with Gasteiger partial charge in [0, 0.05) is 21.7 Å². The van der Waals surface area contributed by atoms with Gasteiger partial charge in [0.05, 0.1) is 18.5 Å². The molecule has 0 aliphatic rings. The monoisotopic (exact) mass is 409 g/mol. The summed E-state index contributed by atoms with van der Waals surface area (Å²) in [4.78, 5) is 24.6. The van der Waals surface area contributed by atoms with E-state index < -0.39 is 6.09 Å². The van der Waals surface area contributed by atoms with E-state index in [4.69, 9.17) is 23.8 Å². The maximum Gasteiger partial charge on any atom is 0.413 e. The first kappa shape index (κ1) is 20.0. The van der Waals surface area contributed by atoms with Crippen LogP contribution in [0.1, 0.15) is 6.92 Å². The number of benzene rings is 2. The van der Waals surface area contributed by atoms with Crippen molar-refractivity contribution >= 4 is 64.1 Å². The van der Waals surface area contributed by atoms with E-state index in [1.165, 1.54) is 25.8 Å². The Hall–Kier alpha value is -2.29. The first-order valence-corrected chi connectivity index (χ1v) is 8.98. The lowest BCUT2D eigenvalue weighted by molar-refractivity contribution is -0.114. The maximum atomic E-state index is 11.4. The number of nitrogens with one attached hydrogen (secondary N) is 3. The molecule has 2 rings (SSSR count). The molecule has 0 aliphatic heterocycles. The molecule has 0 atom stereocenters. The first-order valence-electron chi connectivity index (χ1n) is 7.38. The number of hydrogen-bond acceptors (Lipinski definition) is 5. The molecule has 0 fully saturated rings. The molecule has 26 heavy (non-hydrogen) atoms. The second-order valence-electron chi connectivity index (χ2n) is 5.02. The van der Waals surface area contributed by atoms with Crippen LogP contribution in [0.3, 0.4) is 0 Å². The second-order valence-corrected chi connectivity index (χ2v) is 7.01. The summed E-state index contributed by atoms with van der Waals surface area (Å²) in [5.41, 5.74) is 1.08. The Kier molecular flexibility index (Phi) is 7.26. The van der Waals surface area contributed by atoms with E-state index in [-0.39, 0.29) is 11.0 Å². The third-order valence-corrected chi connectivity index (χ3v) is 4.45. The Morgan fingerprint density at radius 1 is 1.04 bits per heavy atom. The van der Waals surface area contributed by atoms with Gasteiger partial charge in [0.15, 0.2) is 5.11 Å². The zero-order valence-corrected chi connectivity index (χ0v) is 16.3. The second kappa shape index (κ2) is 9.42. The topological polar surface area (TPSA) is 79.5 Å². The lowest BCUT2D eigenvalue weighted by Crippen LogP contribution is -2.34. The SMILES string of the molecule is COC(=O)NC(=S)Nc1cc(Sc2ccc(Cl)cc2)ccc1NC(C)=O. The molecule has 2 aromatic rings. The first-order chi connectivity index (χ1) is 12.4. The highest BCUT2D eigenvalue weighted by atomic mass is 35.5. The van der Waals surface area contributed by atoms with Crippen LogP contribution in [0.25, 0.3) is 0 Å². The summed E-state index contributed by atoms with van der Waals surface area (Å²) < 4.78 is 4.50. The number of ether oxygens (including phenoxy) is 1. The van der Waals surface area contributed by atoms with E-state index in [2.05, 4.69) is 20.7 Å². The number of hydrogen-bond donors (Lipinski definition) is 3. The van der Waals surface area contributed by atoms with Crippen LogP contribution in [0.4, 0.5) is 16.2 Å². The van der Waals surface area contributed by atoms with E-state index in [0.717, 1.165) is 9.79 Å². The number of carbonyl (C=O) groups is 2. The standard InChI is InChI=1S/C17H16ClN3O3S2/c1-10(22)19-14-8-7-13(26-12-5-3-11(18)4-6-12)9-15(14)20-16(25)21-17(23)24-2/h3-9H,1-2H3,(H,19,22)(H2,20,21,23,25). The van der Waals surface area contributed by atoms with Crippen LogP contribution in [0.15, 0.2) is 52.3 Å². The van der Waals surface area contributed by atoms with Crippen molar-refractivity contribution in [1.82, 2.24) is 5.32 Å². The molecule has 0 saturated carbocycles. The van der Waals surface area contributed by atoms with Crippen molar-refractivity contribution < 1.29 is 14.3 Å². The average Bonchev–Trinajstić information content (AvgIpc) is 2.58. The Labute approximate surface area is 165 Å². The Morgan fingerprint density at radius 3 is 2.31 bits per heavy atom. The highest BCUT2D eigenvalue weighted by molar-refractivity contribution is 7.99. The molecule has 2 amide bonds. The molecule has 0 radical (unpaired) electrons. The van der Waals surface area contributed by atoms with Crippen molar-refractivity contribution in [1.29, 1.82) is 0 Å². The van der Waals surface area contributed by atoms with E-state index in [1.54, 1.807) is 6.07 Å². The molecule has 0 heterocycles. The normalized spacial score (nSPS) is 9.96. The van der Waals surface area contributed by atoms with Gasteiger partial charge in [-0.15, -0.1) is 0 Å². The Balaban J connectivity index is 2.23. The van der Waals surface area contributed by atoms with Gasteiger partial charge >= 0.3 is 6.09 Å². The van der Waals surface area contributed by atoms with E-state index in [9.17, 15) is 9.59 Å². The number of thiocarbonyl (C=S) groups is 1. The summed E-state index contributed by atoms with van der Waals surface area (Å²) in [6.07, 6.45) is -0.685. The number of anilines is 2. The van der Waals surface area contributed by atoms with Crippen molar-refractivity contribution in [3.63, 3.8) is 0 Å². The number of rotatable bonds is 4. The predicted octanol–water partition coefficient (Wildman–Crippen LogP) is 4.50.